The summed E-state index contributed by atoms with van der Waals surface area (Å²) in [5, 5.41) is 3.33. The molecule has 0 saturated carbocycles. The number of likely N-dealkylation sites (N-methyl/N-ethyl adjacent to an activating group) is 1. The normalized spacial score (nSPS) is 16.2. The molecule has 1 saturated heterocycles. The maximum absolute atomic E-state index is 11.6. The molecule has 2 rings (SSSR count). The molecule has 7 nitrogen and oxygen atoms in total. The largest absolute Gasteiger partial charge is 0.491 e. The fraction of sp³-hybridized carbons (Fsp3) is 0.650. The van der Waals surface area contributed by atoms with Gasteiger partial charge in [-0.05, 0) is 44.2 Å². The molecule has 1 fully saturated rings. The predicted molar refractivity (Wildman–Crippen MR) is 130 cm³/mol. The maximum Gasteiger partial charge on any atom is 0.211 e. The molecule has 1 aromatic carbocycles. The zero-order valence-corrected chi connectivity index (χ0v) is 21.1. The van der Waals surface area contributed by atoms with Crippen LogP contribution >= 0.6 is 24.0 Å². The van der Waals surface area contributed by atoms with E-state index in [1.54, 1.807) is 4.31 Å². The van der Waals surface area contributed by atoms with Crippen LogP contribution < -0.4 is 10.1 Å². The van der Waals surface area contributed by atoms with Gasteiger partial charge in [0, 0.05) is 33.2 Å². The van der Waals surface area contributed by atoms with E-state index in [4.69, 9.17) is 9.73 Å². The van der Waals surface area contributed by atoms with Crippen LogP contribution in [0.1, 0.15) is 25.3 Å². The fourth-order valence-corrected chi connectivity index (χ4v) is 4.10. The van der Waals surface area contributed by atoms with E-state index >= 15 is 0 Å². The Morgan fingerprint density at radius 1 is 1.31 bits per heavy atom. The van der Waals surface area contributed by atoms with E-state index in [1.165, 1.54) is 6.26 Å². The molecule has 0 bridgehead atoms. The average Bonchev–Trinajstić information content (AvgIpc) is 2.66. The molecule has 0 amide bonds. The van der Waals surface area contributed by atoms with Crippen molar-refractivity contribution >= 4 is 40.0 Å². The summed E-state index contributed by atoms with van der Waals surface area (Å²) >= 11 is 0. The number of aliphatic imine (C=N–C) groups is 1. The standard InChI is InChI=1S/C20H34N4O3S.HI/c1-5-21-20(22-16-18-10-12-24(13-11-18)28(4,25)26)23(3)14-15-27-19-9-7-6-8-17(19)2;/h6-9,18H,5,10-16H2,1-4H3,(H,21,22);1H. The number of guanidine groups is 1. The van der Waals surface area contributed by atoms with E-state index < -0.39 is 10.0 Å². The van der Waals surface area contributed by atoms with Crippen molar-refractivity contribution in [3.63, 3.8) is 0 Å². The molecule has 0 atom stereocenters. The highest BCUT2D eigenvalue weighted by Gasteiger charge is 2.24. The quantitative estimate of drug-likeness (QED) is 0.313. The molecule has 0 radical (unpaired) electrons. The van der Waals surface area contributed by atoms with Crippen molar-refractivity contribution in [2.75, 3.05) is 52.6 Å². The smallest absolute Gasteiger partial charge is 0.211 e. The molecular weight excluding hydrogens is 503 g/mol. The highest BCUT2D eigenvalue weighted by molar-refractivity contribution is 14.0. The third-order valence-corrected chi connectivity index (χ3v) is 6.32. The van der Waals surface area contributed by atoms with E-state index in [0.29, 0.717) is 32.2 Å². The second kappa shape index (κ2) is 12.6. The van der Waals surface area contributed by atoms with E-state index in [0.717, 1.165) is 43.2 Å². The first-order chi connectivity index (χ1) is 13.3. The van der Waals surface area contributed by atoms with Gasteiger partial charge in [0.2, 0.25) is 10.0 Å². The van der Waals surface area contributed by atoms with Gasteiger partial charge in [-0.15, -0.1) is 24.0 Å². The predicted octanol–water partition coefficient (Wildman–Crippen LogP) is 2.56. The molecule has 0 unspecified atom stereocenters. The molecule has 166 valence electrons. The Balaban J connectivity index is 0.00000420. The zero-order valence-electron chi connectivity index (χ0n) is 17.9. The average molecular weight is 538 g/mol. The fourth-order valence-electron chi connectivity index (χ4n) is 3.23. The van der Waals surface area contributed by atoms with Gasteiger partial charge in [-0.2, -0.15) is 0 Å². The number of ether oxygens (including phenoxy) is 1. The van der Waals surface area contributed by atoms with Gasteiger partial charge in [-0.3, -0.25) is 4.99 Å². The van der Waals surface area contributed by atoms with Crippen LogP contribution in [-0.4, -0.2) is 76.2 Å². The number of hydrogen-bond donors (Lipinski definition) is 1. The topological polar surface area (TPSA) is 74.2 Å². The lowest BCUT2D eigenvalue weighted by atomic mass is 9.98. The number of halogens is 1. The highest BCUT2D eigenvalue weighted by Crippen LogP contribution is 2.19. The molecular formula is C20H35IN4O3S. The van der Waals surface area contributed by atoms with E-state index in [2.05, 4.69) is 17.1 Å². The van der Waals surface area contributed by atoms with Crippen LogP contribution in [0.25, 0.3) is 0 Å². The minimum atomic E-state index is -3.08. The van der Waals surface area contributed by atoms with Crippen LogP contribution in [0, 0.1) is 12.8 Å². The minimum absolute atomic E-state index is 0. The minimum Gasteiger partial charge on any atom is -0.491 e. The first-order valence-electron chi connectivity index (χ1n) is 9.94. The van der Waals surface area contributed by atoms with Crippen molar-refractivity contribution in [1.82, 2.24) is 14.5 Å². The molecule has 0 aliphatic carbocycles. The molecule has 9 heteroatoms. The summed E-state index contributed by atoms with van der Waals surface area (Å²) in [6.45, 7) is 8.10. The van der Waals surface area contributed by atoms with Gasteiger partial charge in [-0.1, -0.05) is 18.2 Å². The number of benzene rings is 1. The second-order valence-electron chi connectivity index (χ2n) is 7.34. The Morgan fingerprint density at radius 3 is 2.55 bits per heavy atom. The number of sulfonamides is 1. The summed E-state index contributed by atoms with van der Waals surface area (Å²) in [6.07, 6.45) is 2.99. The number of hydrogen-bond acceptors (Lipinski definition) is 4. The molecule has 0 spiro atoms. The maximum atomic E-state index is 11.6. The zero-order chi connectivity index (χ0) is 20.6. The summed E-state index contributed by atoms with van der Waals surface area (Å²) in [5.41, 5.74) is 1.13. The van der Waals surface area contributed by atoms with Gasteiger partial charge < -0.3 is 15.0 Å². The molecule has 1 aliphatic rings. The number of para-hydroxylation sites is 1. The summed E-state index contributed by atoms with van der Waals surface area (Å²) < 4.78 is 30.7. The van der Waals surface area contributed by atoms with E-state index in [1.807, 2.05) is 38.2 Å². The number of rotatable bonds is 8. The first-order valence-corrected chi connectivity index (χ1v) is 11.8. The third-order valence-electron chi connectivity index (χ3n) is 5.02. The SMILES string of the molecule is CCNC(=NCC1CCN(S(C)(=O)=O)CC1)N(C)CCOc1ccccc1C.I. The molecule has 1 aromatic rings. The van der Waals surface area contributed by atoms with Crippen LogP contribution in [0.15, 0.2) is 29.3 Å². The molecule has 1 heterocycles. The second-order valence-corrected chi connectivity index (χ2v) is 9.32. The van der Waals surface area contributed by atoms with Crippen molar-refractivity contribution in [2.45, 2.75) is 26.7 Å². The van der Waals surface area contributed by atoms with Gasteiger partial charge in [0.05, 0.1) is 12.8 Å². The Labute approximate surface area is 193 Å². The van der Waals surface area contributed by atoms with Crippen LogP contribution in [0.2, 0.25) is 0 Å². The molecule has 29 heavy (non-hydrogen) atoms. The Hall–Kier alpha value is -1.07. The summed E-state index contributed by atoms with van der Waals surface area (Å²) in [4.78, 5) is 6.85. The number of piperidine rings is 1. The third kappa shape index (κ3) is 8.67. The van der Waals surface area contributed by atoms with Gasteiger partial charge >= 0.3 is 0 Å². The van der Waals surface area contributed by atoms with Crippen LogP contribution in [0.3, 0.4) is 0 Å². The van der Waals surface area contributed by atoms with Crippen molar-refractivity contribution in [3.8, 4) is 5.75 Å². The molecule has 0 aromatic heterocycles. The Morgan fingerprint density at radius 2 is 1.97 bits per heavy atom. The number of aryl methyl sites for hydroxylation is 1. The molecule has 1 N–H and O–H groups in total. The Kier molecular flexibility index (Phi) is 11.3. The van der Waals surface area contributed by atoms with Crippen LogP contribution in [0.5, 0.6) is 5.75 Å². The van der Waals surface area contributed by atoms with Gasteiger partial charge in [0.15, 0.2) is 5.96 Å². The summed E-state index contributed by atoms with van der Waals surface area (Å²) in [7, 11) is -1.07. The number of nitrogens with one attached hydrogen (secondary N) is 1. The first kappa shape index (κ1) is 26.0. The van der Waals surface area contributed by atoms with Gasteiger partial charge in [0.1, 0.15) is 12.4 Å². The highest BCUT2D eigenvalue weighted by atomic mass is 127. The van der Waals surface area contributed by atoms with Crippen molar-refractivity contribution in [3.05, 3.63) is 29.8 Å². The lowest BCUT2D eigenvalue weighted by Gasteiger charge is -2.30. The molecule has 1 aliphatic heterocycles. The van der Waals surface area contributed by atoms with Gasteiger partial charge in [-0.25, -0.2) is 12.7 Å². The van der Waals surface area contributed by atoms with Crippen molar-refractivity contribution in [1.29, 1.82) is 0 Å². The summed E-state index contributed by atoms with van der Waals surface area (Å²) in [5.74, 6) is 2.19. The van der Waals surface area contributed by atoms with Crippen molar-refractivity contribution in [2.24, 2.45) is 10.9 Å². The van der Waals surface area contributed by atoms with Crippen LogP contribution in [-0.2, 0) is 10.0 Å². The van der Waals surface area contributed by atoms with E-state index in [9.17, 15) is 8.42 Å². The van der Waals surface area contributed by atoms with Crippen LogP contribution in [0.4, 0.5) is 0 Å². The Bertz CT molecular complexity index is 750. The lowest BCUT2D eigenvalue weighted by Crippen LogP contribution is -2.42. The monoisotopic (exact) mass is 538 g/mol. The lowest BCUT2D eigenvalue weighted by molar-refractivity contribution is 0.274. The van der Waals surface area contributed by atoms with Gasteiger partial charge in [0.25, 0.3) is 0 Å². The van der Waals surface area contributed by atoms with Crippen molar-refractivity contribution < 1.29 is 13.2 Å². The summed E-state index contributed by atoms with van der Waals surface area (Å²) in [6, 6.07) is 8.01. The number of nitrogens with zero attached hydrogens (tertiary/aromatic N) is 3. The van der Waals surface area contributed by atoms with E-state index in [-0.39, 0.29) is 24.0 Å².